The van der Waals surface area contributed by atoms with Crippen LogP contribution in [0.25, 0.3) is 4.96 Å². The van der Waals surface area contributed by atoms with Crippen LogP contribution in [0.2, 0.25) is 0 Å². The third-order valence-corrected chi connectivity index (χ3v) is 5.02. The largest absolute Gasteiger partial charge is 0.297 e. The summed E-state index contributed by atoms with van der Waals surface area (Å²) in [4.78, 5) is 8.28. The summed E-state index contributed by atoms with van der Waals surface area (Å²) in [6, 6.07) is 0. The highest BCUT2D eigenvalue weighted by Gasteiger charge is 2.22. The molecule has 1 fully saturated rings. The van der Waals surface area contributed by atoms with Gasteiger partial charge in [-0.25, -0.2) is 4.98 Å². The molecule has 2 unspecified atom stereocenters. The average Bonchev–Trinajstić information content (AvgIpc) is 2.75. The first-order chi connectivity index (χ1) is 8.20. The summed E-state index contributed by atoms with van der Waals surface area (Å²) in [5.41, 5.74) is 1.20. The SMILES string of the molecule is CC1CN(Cc2cn3ccsc3n2)CC(C)S1. The van der Waals surface area contributed by atoms with E-state index in [1.54, 1.807) is 11.3 Å². The molecule has 0 aliphatic carbocycles. The number of hydrogen-bond donors (Lipinski definition) is 0. The molecule has 3 heterocycles. The Morgan fingerprint density at radius 1 is 1.35 bits per heavy atom. The lowest BCUT2D eigenvalue weighted by atomic mass is 10.3. The minimum Gasteiger partial charge on any atom is -0.297 e. The number of rotatable bonds is 2. The van der Waals surface area contributed by atoms with Gasteiger partial charge in [0.25, 0.3) is 0 Å². The first-order valence-corrected chi connectivity index (χ1v) is 7.82. The molecule has 1 saturated heterocycles. The van der Waals surface area contributed by atoms with Crippen molar-refractivity contribution < 1.29 is 0 Å². The predicted molar refractivity (Wildman–Crippen MR) is 74.9 cm³/mol. The molecule has 2 aromatic rings. The second-order valence-electron chi connectivity index (χ2n) is 4.78. The van der Waals surface area contributed by atoms with Crippen molar-refractivity contribution >= 4 is 28.1 Å². The molecular formula is C12H17N3S2. The average molecular weight is 267 g/mol. The zero-order chi connectivity index (χ0) is 11.8. The molecule has 3 rings (SSSR count). The van der Waals surface area contributed by atoms with Crippen molar-refractivity contribution in [1.82, 2.24) is 14.3 Å². The highest BCUT2D eigenvalue weighted by atomic mass is 32.2. The number of fused-ring (bicyclic) bond motifs is 1. The third kappa shape index (κ3) is 2.51. The van der Waals surface area contributed by atoms with Gasteiger partial charge in [0.1, 0.15) is 0 Å². The van der Waals surface area contributed by atoms with Crippen LogP contribution in [0, 0.1) is 0 Å². The Bertz CT molecular complexity index is 466. The lowest BCUT2D eigenvalue weighted by molar-refractivity contribution is 0.260. The van der Waals surface area contributed by atoms with Gasteiger partial charge in [0, 0.05) is 47.9 Å². The fraction of sp³-hybridized carbons (Fsp3) is 0.583. The minimum atomic E-state index is 0.738. The number of imidazole rings is 1. The Morgan fingerprint density at radius 2 is 2.12 bits per heavy atom. The van der Waals surface area contributed by atoms with Crippen LogP contribution in [0.5, 0.6) is 0 Å². The van der Waals surface area contributed by atoms with Crippen molar-refractivity contribution in [3.63, 3.8) is 0 Å². The maximum atomic E-state index is 4.65. The van der Waals surface area contributed by atoms with Crippen molar-refractivity contribution in [3.8, 4) is 0 Å². The van der Waals surface area contributed by atoms with Gasteiger partial charge in [0.05, 0.1) is 5.69 Å². The van der Waals surface area contributed by atoms with Crippen molar-refractivity contribution in [2.24, 2.45) is 0 Å². The van der Waals surface area contributed by atoms with Gasteiger partial charge in [0.15, 0.2) is 4.96 Å². The van der Waals surface area contributed by atoms with Gasteiger partial charge in [0.2, 0.25) is 0 Å². The van der Waals surface area contributed by atoms with Crippen LogP contribution < -0.4 is 0 Å². The summed E-state index contributed by atoms with van der Waals surface area (Å²) in [5, 5.41) is 3.55. The highest BCUT2D eigenvalue weighted by Crippen LogP contribution is 2.25. The quantitative estimate of drug-likeness (QED) is 0.834. The molecule has 2 atom stereocenters. The van der Waals surface area contributed by atoms with E-state index in [2.05, 4.69) is 57.7 Å². The molecule has 0 N–H and O–H groups in total. The maximum Gasteiger partial charge on any atom is 0.193 e. The van der Waals surface area contributed by atoms with Gasteiger partial charge in [-0.1, -0.05) is 13.8 Å². The van der Waals surface area contributed by atoms with Gasteiger partial charge >= 0.3 is 0 Å². The Labute approximate surface area is 110 Å². The van der Waals surface area contributed by atoms with E-state index in [0.29, 0.717) is 0 Å². The Hall–Kier alpha value is -0.520. The molecule has 0 spiro atoms. The molecule has 1 aliphatic rings. The summed E-state index contributed by atoms with van der Waals surface area (Å²) in [7, 11) is 0. The first-order valence-electron chi connectivity index (χ1n) is 5.99. The van der Waals surface area contributed by atoms with Gasteiger partial charge in [-0.2, -0.15) is 11.8 Å². The van der Waals surface area contributed by atoms with Gasteiger partial charge in [-0.3, -0.25) is 9.30 Å². The second-order valence-corrected chi connectivity index (χ2v) is 7.53. The van der Waals surface area contributed by atoms with E-state index in [9.17, 15) is 0 Å². The maximum absolute atomic E-state index is 4.65. The fourth-order valence-corrected chi connectivity index (χ4v) is 4.60. The molecule has 17 heavy (non-hydrogen) atoms. The summed E-state index contributed by atoms with van der Waals surface area (Å²) >= 11 is 3.80. The number of thiazole rings is 1. The molecule has 0 saturated carbocycles. The Morgan fingerprint density at radius 3 is 2.82 bits per heavy atom. The van der Waals surface area contributed by atoms with Crippen molar-refractivity contribution in [2.75, 3.05) is 13.1 Å². The minimum absolute atomic E-state index is 0.738. The first kappa shape index (κ1) is 11.6. The molecule has 0 radical (unpaired) electrons. The molecule has 0 aromatic carbocycles. The van der Waals surface area contributed by atoms with Crippen molar-refractivity contribution in [3.05, 3.63) is 23.5 Å². The molecule has 92 valence electrons. The van der Waals surface area contributed by atoms with E-state index in [0.717, 1.165) is 22.0 Å². The molecule has 0 amide bonds. The monoisotopic (exact) mass is 267 g/mol. The van der Waals surface area contributed by atoms with Crippen molar-refractivity contribution in [2.45, 2.75) is 30.9 Å². The lowest BCUT2D eigenvalue weighted by Gasteiger charge is -2.34. The van der Waals surface area contributed by atoms with Gasteiger partial charge in [-0.05, 0) is 0 Å². The molecule has 5 heteroatoms. The van der Waals surface area contributed by atoms with E-state index < -0.39 is 0 Å². The topological polar surface area (TPSA) is 20.5 Å². The molecular weight excluding hydrogens is 250 g/mol. The van der Waals surface area contributed by atoms with Crippen LogP contribution in [0.3, 0.4) is 0 Å². The van der Waals surface area contributed by atoms with Crippen LogP contribution >= 0.6 is 23.1 Å². The summed E-state index contributed by atoms with van der Waals surface area (Å²) in [6.07, 6.45) is 4.23. The van der Waals surface area contributed by atoms with Gasteiger partial charge < -0.3 is 0 Å². The number of thioether (sulfide) groups is 1. The summed E-state index contributed by atoms with van der Waals surface area (Å²) in [5.74, 6) is 0. The van der Waals surface area contributed by atoms with Crippen LogP contribution in [-0.4, -0.2) is 37.9 Å². The van der Waals surface area contributed by atoms with Crippen LogP contribution in [-0.2, 0) is 6.54 Å². The van der Waals surface area contributed by atoms with E-state index in [1.165, 1.54) is 18.8 Å². The van der Waals surface area contributed by atoms with Gasteiger partial charge in [-0.15, -0.1) is 11.3 Å². The summed E-state index contributed by atoms with van der Waals surface area (Å²) < 4.78 is 2.12. The van der Waals surface area contributed by atoms with Crippen molar-refractivity contribution in [1.29, 1.82) is 0 Å². The summed E-state index contributed by atoms with van der Waals surface area (Å²) in [6.45, 7) is 7.99. The normalized spacial score (nSPS) is 26.7. The molecule has 1 aliphatic heterocycles. The van der Waals surface area contributed by atoms with Crippen LogP contribution in [0.15, 0.2) is 17.8 Å². The Kier molecular flexibility index (Phi) is 3.15. The predicted octanol–water partition coefficient (Wildman–Crippen LogP) is 2.72. The standard InChI is InChI=1S/C12H17N3S2/c1-9-5-14(6-10(2)17-9)7-11-8-15-3-4-16-12(15)13-11/h3-4,8-10H,5-7H2,1-2H3. The second kappa shape index (κ2) is 4.63. The fourth-order valence-electron chi connectivity index (χ4n) is 2.49. The number of aromatic nitrogens is 2. The number of nitrogens with zero attached hydrogens (tertiary/aromatic N) is 3. The van der Waals surface area contributed by atoms with E-state index in [1.807, 2.05) is 0 Å². The van der Waals surface area contributed by atoms with E-state index in [4.69, 9.17) is 0 Å². The smallest absolute Gasteiger partial charge is 0.193 e. The number of hydrogen-bond acceptors (Lipinski definition) is 4. The van der Waals surface area contributed by atoms with E-state index >= 15 is 0 Å². The van der Waals surface area contributed by atoms with E-state index in [-0.39, 0.29) is 0 Å². The third-order valence-electron chi connectivity index (χ3n) is 3.02. The van der Waals surface area contributed by atoms with Crippen LogP contribution in [0.4, 0.5) is 0 Å². The zero-order valence-corrected chi connectivity index (χ0v) is 11.8. The molecule has 3 nitrogen and oxygen atoms in total. The molecule has 2 aromatic heterocycles. The van der Waals surface area contributed by atoms with Crippen LogP contribution in [0.1, 0.15) is 19.5 Å². The Balaban J connectivity index is 1.72. The highest BCUT2D eigenvalue weighted by molar-refractivity contribution is 8.00. The molecule has 0 bridgehead atoms. The lowest BCUT2D eigenvalue weighted by Crippen LogP contribution is -2.39. The zero-order valence-electron chi connectivity index (χ0n) is 10.2.